The molecule has 1 heterocycles. The number of carbonyl (C=O) groups excluding carboxylic acids is 1. The van der Waals surface area contributed by atoms with Gasteiger partial charge in [0.25, 0.3) is 0 Å². The van der Waals surface area contributed by atoms with Gasteiger partial charge in [0.05, 0.1) is 20.3 Å². The normalized spacial score (nSPS) is 15.8. The first-order valence-electron chi connectivity index (χ1n) is 9.60. The van der Waals surface area contributed by atoms with E-state index in [4.69, 9.17) is 9.47 Å². The standard InChI is InChI=1S/C22H29N3O3/c1-16-6-5-7-19(14-16)25-12-10-24(11-13-25)17(2)22(26)23-18-8-9-20(27-3)21(15-18)28-4/h5-9,14-15,17H,10-13H2,1-4H3,(H,23,26). The minimum absolute atomic E-state index is 0.0174. The monoisotopic (exact) mass is 383 g/mol. The second kappa shape index (κ2) is 8.97. The average molecular weight is 383 g/mol. The number of methoxy groups -OCH3 is 2. The van der Waals surface area contributed by atoms with E-state index in [1.54, 1.807) is 26.4 Å². The van der Waals surface area contributed by atoms with Crippen molar-refractivity contribution in [1.29, 1.82) is 0 Å². The molecule has 1 atom stereocenters. The molecule has 1 aliphatic heterocycles. The third-order valence-electron chi connectivity index (χ3n) is 5.26. The zero-order valence-electron chi connectivity index (χ0n) is 17.1. The number of piperazine rings is 1. The van der Waals surface area contributed by atoms with E-state index in [0.29, 0.717) is 17.2 Å². The molecule has 1 fully saturated rings. The number of rotatable bonds is 6. The van der Waals surface area contributed by atoms with E-state index in [1.165, 1.54) is 11.3 Å². The van der Waals surface area contributed by atoms with Gasteiger partial charge in [0.1, 0.15) is 0 Å². The lowest BCUT2D eigenvalue weighted by atomic mass is 10.1. The predicted octanol–water partition coefficient (Wildman–Crippen LogP) is 3.16. The van der Waals surface area contributed by atoms with Crippen molar-refractivity contribution in [2.75, 3.05) is 50.6 Å². The first kappa shape index (κ1) is 20.0. The average Bonchev–Trinajstić information content (AvgIpc) is 2.73. The van der Waals surface area contributed by atoms with Crippen molar-refractivity contribution >= 4 is 17.3 Å². The molecule has 1 saturated heterocycles. The maximum atomic E-state index is 12.7. The molecule has 0 spiro atoms. The van der Waals surface area contributed by atoms with Gasteiger partial charge >= 0.3 is 0 Å². The van der Waals surface area contributed by atoms with Crippen LogP contribution in [-0.4, -0.2) is 57.2 Å². The van der Waals surface area contributed by atoms with Crippen molar-refractivity contribution in [3.63, 3.8) is 0 Å². The molecule has 150 valence electrons. The van der Waals surface area contributed by atoms with E-state index >= 15 is 0 Å². The molecule has 1 N–H and O–H groups in total. The molecule has 2 aromatic rings. The summed E-state index contributed by atoms with van der Waals surface area (Å²) in [7, 11) is 3.17. The fourth-order valence-electron chi connectivity index (χ4n) is 3.52. The topological polar surface area (TPSA) is 54.0 Å². The summed E-state index contributed by atoms with van der Waals surface area (Å²) in [6.45, 7) is 7.61. The fraction of sp³-hybridized carbons (Fsp3) is 0.409. The highest BCUT2D eigenvalue weighted by Crippen LogP contribution is 2.30. The predicted molar refractivity (Wildman–Crippen MR) is 113 cm³/mol. The van der Waals surface area contributed by atoms with Crippen LogP contribution >= 0.6 is 0 Å². The Labute approximate surface area is 167 Å². The van der Waals surface area contributed by atoms with Crippen LogP contribution in [0.2, 0.25) is 0 Å². The molecule has 2 aromatic carbocycles. The van der Waals surface area contributed by atoms with E-state index in [0.717, 1.165) is 26.2 Å². The van der Waals surface area contributed by atoms with Gasteiger partial charge in [-0.2, -0.15) is 0 Å². The number of aryl methyl sites for hydroxylation is 1. The van der Waals surface area contributed by atoms with Crippen LogP contribution in [0.5, 0.6) is 11.5 Å². The number of carbonyl (C=O) groups is 1. The Balaban J connectivity index is 1.57. The summed E-state index contributed by atoms with van der Waals surface area (Å²) in [6.07, 6.45) is 0. The highest BCUT2D eigenvalue weighted by Gasteiger charge is 2.26. The minimum atomic E-state index is -0.201. The Hall–Kier alpha value is -2.73. The maximum absolute atomic E-state index is 12.7. The minimum Gasteiger partial charge on any atom is -0.493 e. The molecule has 0 radical (unpaired) electrons. The van der Waals surface area contributed by atoms with Crippen molar-refractivity contribution in [2.45, 2.75) is 19.9 Å². The first-order valence-corrected chi connectivity index (χ1v) is 9.60. The quantitative estimate of drug-likeness (QED) is 0.830. The van der Waals surface area contributed by atoms with E-state index in [-0.39, 0.29) is 11.9 Å². The zero-order chi connectivity index (χ0) is 20.1. The molecule has 0 bridgehead atoms. The van der Waals surface area contributed by atoms with Crippen LogP contribution < -0.4 is 19.7 Å². The molecule has 6 heteroatoms. The van der Waals surface area contributed by atoms with Gasteiger partial charge in [0.2, 0.25) is 5.91 Å². The zero-order valence-corrected chi connectivity index (χ0v) is 17.1. The lowest BCUT2D eigenvalue weighted by Gasteiger charge is -2.38. The summed E-state index contributed by atoms with van der Waals surface area (Å²) in [5, 5.41) is 2.99. The number of ether oxygens (including phenoxy) is 2. The SMILES string of the molecule is COc1ccc(NC(=O)C(C)N2CCN(c3cccc(C)c3)CC2)cc1OC. The molecular formula is C22H29N3O3. The van der Waals surface area contributed by atoms with Crippen LogP contribution in [-0.2, 0) is 4.79 Å². The number of hydrogen-bond donors (Lipinski definition) is 1. The summed E-state index contributed by atoms with van der Waals surface area (Å²) in [5.74, 6) is 1.22. The van der Waals surface area contributed by atoms with Crippen molar-refractivity contribution < 1.29 is 14.3 Å². The van der Waals surface area contributed by atoms with E-state index in [2.05, 4.69) is 46.3 Å². The number of hydrogen-bond acceptors (Lipinski definition) is 5. The molecule has 0 aromatic heterocycles. The lowest BCUT2D eigenvalue weighted by molar-refractivity contribution is -0.120. The van der Waals surface area contributed by atoms with Crippen LogP contribution in [0.15, 0.2) is 42.5 Å². The second-order valence-electron chi connectivity index (χ2n) is 7.10. The van der Waals surface area contributed by atoms with E-state index < -0.39 is 0 Å². The summed E-state index contributed by atoms with van der Waals surface area (Å²) in [6, 6.07) is 13.8. The Morgan fingerprint density at radius 3 is 2.36 bits per heavy atom. The maximum Gasteiger partial charge on any atom is 0.241 e. The summed E-state index contributed by atoms with van der Waals surface area (Å²) >= 11 is 0. The van der Waals surface area contributed by atoms with Gasteiger partial charge in [-0.3, -0.25) is 9.69 Å². The van der Waals surface area contributed by atoms with Crippen molar-refractivity contribution in [2.24, 2.45) is 0 Å². The van der Waals surface area contributed by atoms with Crippen molar-refractivity contribution in [3.8, 4) is 11.5 Å². The van der Waals surface area contributed by atoms with Crippen molar-refractivity contribution in [1.82, 2.24) is 4.90 Å². The number of nitrogens with zero attached hydrogens (tertiary/aromatic N) is 2. The van der Waals surface area contributed by atoms with Gasteiger partial charge in [-0.15, -0.1) is 0 Å². The number of benzene rings is 2. The van der Waals surface area contributed by atoms with Gasteiger partial charge in [0, 0.05) is 43.6 Å². The third kappa shape index (κ3) is 4.57. The Morgan fingerprint density at radius 1 is 1.00 bits per heavy atom. The molecule has 0 aliphatic carbocycles. The third-order valence-corrected chi connectivity index (χ3v) is 5.26. The van der Waals surface area contributed by atoms with E-state index in [1.807, 2.05) is 13.0 Å². The molecule has 1 amide bonds. The summed E-state index contributed by atoms with van der Waals surface area (Å²) in [4.78, 5) is 17.3. The second-order valence-corrected chi connectivity index (χ2v) is 7.10. The van der Waals surface area contributed by atoms with Gasteiger partial charge in [-0.1, -0.05) is 12.1 Å². The number of amides is 1. The first-order chi connectivity index (χ1) is 13.5. The smallest absolute Gasteiger partial charge is 0.241 e. The Bertz CT molecular complexity index is 816. The van der Waals surface area contributed by atoms with Gasteiger partial charge < -0.3 is 19.7 Å². The summed E-state index contributed by atoms with van der Waals surface area (Å²) in [5.41, 5.74) is 3.22. The molecule has 1 unspecified atom stereocenters. The number of anilines is 2. The molecule has 0 saturated carbocycles. The van der Waals surface area contributed by atoms with Crippen molar-refractivity contribution in [3.05, 3.63) is 48.0 Å². The van der Waals surface area contributed by atoms with Crippen LogP contribution in [0.25, 0.3) is 0 Å². The highest BCUT2D eigenvalue weighted by atomic mass is 16.5. The van der Waals surface area contributed by atoms with Crippen LogP contribution in [0.1, 0.15) is 12.5 Å². The molecular weight excluding hydrogens is 354 g/mol. The molecule has 1 aliphatic rings. The van der Waals surface area contributed by atoms with Gasteiger partial charge in [-0.05, 0) is 43.7 Å². The van der Waals surface area contributed by atoms with Crippen LogP contribution in [0.4, 0.5) is 11.4 Å². The Morgan fingerprint density at radius 2 is 1.71 bits per heavy atom. The lowest BCUT2D eigenvalue weighted by Crippen LogP contribution is -2.52. The van der Waals surface area contributed by atoms with Gasteiger partial charge in [-0.25, -0.2) is 0 Å². The van der Waals surface area contributed by atoms with Crippen LogP contribution in [0, 0.1) is 6.92 Å². The van der Waals surface area contributed by atoms with E-state index in [9.17, 15) is 4.79 Å². The Kier molecular flexibility index (Phi) is 6.41. The van der Waals surface area contributed by atoms with Crippen LogP contribution in [0.3, 0.4) is 0 Å². The summed E-state index contributed by atoms with van der Waals surface area (Å²) < 4.78 is 10.5. The van der Waals surface area contributed by atoms with Gasteiger partial charge in [0.15, 0.2) is 11.5 Å². The number of nitrogens with one attached hydrogen (secondary N) is 1. The molecule has 3 rings (SSSR count). The molecule has 6 nitrogen and oxygen atoms in total. The highest BCUT2D eigenvalue weighted by molar-refractivity contribution is 5.94. The largest absolute Gasteiger partial charge is 0.493 e. The fourth-order valence-corrected chi connectivity index (χ4v) is 3.52. The molecule has 28 heavy (non-hydrogen) atoms.